The van der Waals surface area contributed by atoms with Crippen molar-refractivity contribution in [3.05, 3.63) is 98.0 Å². The summed E-state index contributed by atoms with van der Waals surface area (Å²) in [4.78, 5) is 20.2. The monoisotopic (exact) mass is 433 g/mol. The van der Waals surface area contributed by atoms with Gasteiger partial charge in [-0.3, -0.25) is 4.84 Å². The lowest BCUT2D eigenvalue weighted by Crippen LogP contribution is -2.07. The third-order valence-electron chi connectivity index (χ3n) is 3.64. The average Bonchev–Trinajstić information content (AvgIpc) is 3.13. The summed E-state index contributed by atoms with van der Waals surface area (Å²) in [6.45, 7) is 0.355. The van der Waals surface area contributed by atoms with Crippen LogP contribution in [0, 0.1) is 10.1 Å². The van der Waals surface area contributed by atoms with Crippen molar-refractivity contribution >= 4 is 38.9 Å². The number of rotatable bonds is 6. The van der Waals surface area contributed by atoms with E-state index in [9.17, 15) is 10.1 Å². The molecule has 1 aromatic heterocycles. The van der Waals surface area contributed by atoms with Gasteiger partial charge >= 0.3 is 0 Å². The number of benzene rings is 2. The highest BCUT2D eigenvalue weighted by atomic mass is 79.9. The van der Waals surface area contributed by atoms with Crippen molar-refractivity contribution in [3.8, 4) is 0 Å². The van der Waals surface area contributed by atoms with E-state index in [0.29, 0.717) is 22.7 Å². The Labute approximate surface area is 162 Å². The summed E-state index contributed by atoms with van der Waals surface area (Å²) in [6, 6.07) is 14.2. The van der Waals surface area contributed by atoms with Crippen LogP contribution in [0.5, 0.6) is 0 Å². The van der Waals surface area contributed by atoms with Crippen LogP contribution in [0.1, 0.15) is 11.1 Å². The van der Waals surface area contributed by atoms with E-state index in [1.54, 1.807) is 43.0 Å². The highest BCUT2D eigenvalue weighted by Gasteiger charge is 2.17. The van der Waals surface area contributed by atoms with Gasteiger partial charge in [0.15, 0.2) is 0 Å². The molecule has 6 nitrogen and oxygen atoms in total. The SMILES string of the molecule is O=[N+]([O-])O/C(=C(/Cn1ccnc1)c1ccc(Br)cc1)c1ccc(Cl)cc1. The van der Waals surface area contributed by atoms with Gasteiger partial charge in [-0.05, 0) is 29.8 Å². The first kappa shape index (κ1) is 18.2. The van der Waals surface area contributed by atoms with Crippen LogP contribution in [0.15, 0.2) is 71.7 Å². The summed E-state index contributed by atoms with van der Waals surface area (Å²) in [7, 11) is 0. The van der Waals surface area contributed by atoms with Crippen molar-refractivity contribution in [1.82, 2.24) is 9.55 Å². The fourth-order valence-corrected chi connectivity index (χ4v) is 2.86. The lowest BCUT2D eigenvalue weighted by atomic mass is 10.0. The summed E-state index contributed by atoms with van der Waals surface area (Å²) in [5, 5.41) is 10.9. The molecule has 0 spiro atoms. The van der Waals surface area contributed by atoms with Crippen LogP contribution in [0.25, 0.3) is 11.3 Å². The number of hydrogen-bond donors (Lipinski definition) is 0. The number of halogens is 2. The molecule has 0 amide bonds. The molecular formula is C18H13BrClN3O3. The Morgan fingerprint density at radius 3 is 2.38 bits per heavy atom. The molecule has 0 aliphatic heterocycles. The Kier molecular flexibility index (Phi) is 5.70. The lowest BCUT2D eigenvalue weighted by molar-refractivity contribution is -0.730. The van der Waals surface area contributed by atoms with Gasteiger partial charge in [0.25, 0.3) is 5.09 Å². The van der Waals surface area contributed by atoms with Gasteiger partial charge in [-0.15, -0.1) is 10.1 Å². The Bertz CT molecular complexity index is 923. The van der Waals surface area contributed by atoms with E-state index in [0.717, 1.165) is 10.0 Å². The standard InChI is InChI=1S/C18H13BrClN3O3/c19-15-5-1-13(2-6-15)17(11-22-10-9-21-12-22)18(26-23(24)25)14-3-7-16(20)8-4-14/h1-10,12H,11H2/b18-17-. The van der Waals surface area contributed by atoms with E-state index in [1.165, 1.54) is 0 Å². The van der Waals surface area contributed by atoms with Crippen LogP contribution in [0.4, 0.5) is 0 Å². The second-order valence-electron chi connectivity index (χ2n) is 5.37. The molecule has 0 radical (unpaired) electrons. The van der Waals surface area contributed by atoms with Gasteiger partial charge in [-0.25, -0.2) is 4.98 Å². The summed E-state index contributed by atoms with van der Waals surface area (Å²) in [5.74, 6) is 0.155. The summed E-state index contributed by atoms with van der Waals surface area (Å²) in [6.07, 6.45) is 5.07. The zero-order valence-corrected chi connectivity index (χ0v) is 15.7. The third kappa shape index (κ3) is 4.50. The number of hydrogen-bond acceptors (Lipinski definition) is 4. The molecule has 0 fully saturated rings. The van der Waals surface area contributed by atoms with Gasteiger partial charge in [0, 0.05) is 33.0 Å². The molecule has 8 heteroatoms. The number of aromatic nitrogens is 2. The van der Waals surface area contributed by atoms with Crippen molar-refractivity contribution in [3.63, 3.8) is 0 Å². The van der Waals surface area contributed by atoms with Crippen LogP contribution in [0.2, 0.25) is 5.02 Å². The topological polar surface area (TPSA) is 70.2 Å². The molecule has 3 aromatic rings. The smallest absolute Gasteiger partial charge is 0.299 e. The zero-order chi connectivity index (χ0) is 18.5. The van der Waals surface area contributed by atoms with Crippen molar-refractivity contribution in [1.29, 1.82) is 0 Å². The number of nitrogens with zero attached hydrogens (tertiary/aromatic N) is 3. The Hall–Kier alpha value is -2.64. The molecular weight excluding hydrogens is 422 g/mol. The van der Waals surface area contributed by atoms with Gasteiger partial charge in [0.1, 0.15) is 5.76 Å². The quantitative estimate of drug-likeness (QED) is 0.235. The van der Waals surface area contributed by atoms with E-state index in [1.807, 2.05) is 28.8 Å². The zero-order valence-electron chi connectivity index (χ0n) is 13.4. The van der Waals surface area contributed by atoms with Crippen LogP contribution in [-0.2, 0) is 11.4 Å². The normalized spacial score (nSPS) is 11.8. The summed E-state index contributed by atoms with van der Waals surface area (Å²) in [5.41, 5.74) is 2.01. The van der Waals surface area contributed by atoms with E-state index in [2.05, 4.69) is 20.9 Å². The Morgan fingerprint density at radius 2 is 1.81 bits per heavy atom. The maximum absolute atomic E-state index is 11.1. The highest BCUT2D eigenvalue weighted by molar-refractivity contribution is 9.10. The van der Waals surface area contributed by atoms with Crippen molar-refractivity contribution in [2.24, 2.45) is 0 Å². The fourth-order valence-electron chi connectivity index (χ4n) is 2.47. The molecule has 132 valence electrons. The summed E-state index contributed by atoms with van der Waals surface area (Å²) < 4.78 is 2.72. The fraction of sp³-hybridized carbons (Fsp3) is 0.0556. The Morgan fingerprint density at radius 1 is 1.15 bits per heavy atom. The largest absolute Gasteiger partial charge is 0.333 e. The van der Waals surface area contributed by atoms with Crippen LogP contribution < -0.4 is 0 Å². The summed E-state index contributed by atoms with van der Waals surface area (Å²) >= 11 is 9.34. The Balaban J connectivity index is 2.18. The van der Waals surface area contributed by atoms with Gasteiger partial charge in [-0.1, -0.05) is 51.8 Å². The number of imidazole rings is 1. The predicted octanol–water partition coefficient (Wildman–Crippen LogP) is 5.08. The minimum atomic E-state index is -0.809. The van der Waals surface area contributed by atoms with Crippen LogP contribution in [0.3, 0.4) is 0 Å². The molecule has 1 heterocycles. The van der Waals surface area contributed by atoms with Gasteiger partial charge in [0.05, 0.1) is 12.9 Å². The van der Waals surface area contributed by atoms with Crippen LogP contribution >= 0.6 is 27.5 Å². The van der Waals surface area contributed by atoms with Crippen molar-refractivity contribution in [2.75, 3.05) is 0 Å². The molecule has 26 heavy (non-hydrogen) atoms. The van der Waals surface area contributed by atoms with E-state index >= 15 is 0 Å². The highest BCUT2D eigenvalue weighted by Crippen LogP contribution is 2.30. The average molecular weight is 435 g/mol. The molecule has 3 rings (SSSR count). The molecule has 0 aliphatic carbocycles. The number of allylic oxidation sites excluding steroid dienone is 1. The molecule has 0 saturated carbocycles. The molecule has 0 saturated heterocycles. The van der Waals surface area contributed by atoms with Gasteiger partial charge in [0.2, 0.25) is 0 Å². The molecule has 0 N–H and O–H groups in total. The first-order valence-corrected chi connectivity index (χ1v) is 8.73. The van der Waals surface area contributed by atoms with E-state index in [-0.39, 0.29) is 5.76 Å². The second-order valence-corrected chi connectivity index (χ2v) is 6.72. The van der Waals surface area contributed by atoms with E-state index in [4.69, 9.17) is 16.4 Å². The third-order valence-corrected chi connectivity index (χ3v) is 4.42. The lowest BCUT2D eigenvalue weighted by Gasteiger charge is -2.15. The molecule has 0 aliphatic rings. The van der Waals surface area contributed by atoms with Gasteiger partial charge in [-0.2, -0.15) is 0 Å². The van der Waals surface area contributed by atoms with Crippen molar-refractivity contribution in [2.45, 2.75) is 6.54 Å². The first-order valence-electron chi connectivity index (χ1n) is 7.56. The van der Waals surface area contributed by atoms with Gasteiger partial charge < -0.3 is 4.57 Å². The van der Waals surface area contributed by atoms with Crippen LogP contribution in [-0.4, -0.2) is 14.6 Å². The molecule has 2 aromatic carbocycles. The van der Waals surface area contributed by atoms with E-state index < -0.39 is 5.09 Å². The second kappa shape index (κ2) is 8.16. The maximum atomic E-state index is 11.1. The molecule has 0 atom stereocenters. The molecule has 0 bridgehead atoms. The maximum Gasteiger partial charge on any atom is 0.299 e. The minimum absolute atomic E-state index is 0.155. The van der Waals surface area contributed by atoms with Crippen molar-refractivity contribution < 1.29 is 9.92 Å². The minimum Gasteiger partial charge on any atom is -0.333 e. The molecule has 0 unspecified atom stereocenters. The predicted molar refractivity (Wildman–Crippen MR) is 103 cm³/mol. The first-order chi connectivity index (χ1) is 12.5.